The zero-order valence-electron chi connectivity index (χ0n) is 13.4. The molecule has 0 saturated heterocycles. The molecule has 1 aromatic rings. The summed E-state index contributed by atoms with van der Waals surface area (Å²) in [6, 6.07) is 0. The fraction of sp³-hybridized carbons (Fsp3) is 0.750. The summed E-state index contributed by atoms with van der Waals surface area (Å²) in [5.41, 5.74) is 1.53. The first-order valence-corrected chi connectivity index (χ1v) is 7.81. The Morgan fingerprint density at radius 1 is 1.30 bits per heavy atom. The molecular formula is C16H28N4. The molecule has 1 aliphatic rings. The number of likely N-dealkylation sites (N-methyl/N-ethyl adjacent to an activating group) is 1. The van der Waals surface area contributed by atoms with Gasteiger partial charge < -0.3 is 10.2 Å². The van der Waals surface area contributed by atoms with Gasteiger partial charge in [0.15, 0.2) is 0 Å². The van der Waals surface area contributed by atoms with Gasteiger partial charge in [-0.25, -0.2) is 9.97 Å². The molecule has 0 amide bonds. The number of hydrogen-bond donors (Lipinski definition) is 1. The van der Waals surface area contributed by atoms with Crippen LogP contribution in [0.3, 0.4) is 0 Å². The van der Waals surface area contributed by atoms with Crippen molar-refractivity contribution >= 4 is 5.82 Å². The first-order valence-electron chi connectivity index (χ1n) is 7.81. The van der Waals surface area contributed by atoms with Gasteiger partial charge in [0.1, 0.15) is 11.6 Å². The van der Waals surface area contributed by atoms with Crippen molar-refractivity contribution in [2.45, 2.75) is 57.9 Å². The lowest BCUT2D eigenvalue weighted by molar-refractivity contribution is 0.172. The molecule has 0 aliphatic heterocycles. The Bertz CT molecular complexity index is 436. The Labute approximate surface area is 123 Å². The molecule has 1 fully saturated rings. The van der Waals surface area contributed by atoms with Crippen molar-refractivity contribution in [3.05, 3.63) is 17.6 Å². The van der Waals surface area contributed by atoms with E-state index in [1.807, 2.05) is 13.1 Å². The van der Waals surface area contributed by atoms with Crippen LogP contribution in [0.4, 0.5) is 5.82 Å². The molecule has 1 saturated carbocycles. The Morgan fingerprint density at radius 3 is 2.60 bits per heavy atom. The van der Waals surface area contributed by atoms with Crippen LogP contribution < -0.4 is 5.32 Å². The van der Waals surface area contributed by atoms with Gasteiger partial charge >= 0.3 is 0 Å². The van der Waals surface area contributed by atoms with Gasteiger partial charge in [-0.1, -0.05) is 26.2 Å². The Kier molecular flexibility index (Phi) is 4.97. The van der Waals surface area contributed by atoms with Gasteiger partial charge in [-0.05, 0) is 40.3 Å². The first kappa shape index (κ1) is 15.2. The smallest absolute Gasteiger partial charge is 0.132 e. The van der Waals surface area contributed by atoms with Crippen molar-refractivity contribution < 1.29 is 0 Å². The Balaban J connectivity index is 2.11. The van der Waals surface area contributed by atoms with E-state index in [2.05, 4.69) is 41.2 Å². The highest BCUT2D eigenvalue weighted by Gasteiger charge is 2.35. The highest BCUT2D eigenvalue weighted by Crippen LogP contribution is 2.34. The van der Waals surface area contributed by atoms with Crippen LogP contribution in [0.25, 0.3) is 0 Å². The number of aryl methyl sites for hydroxylation is 2. The van der Waals surface area contributed by atoms with Crippen molar-refractivity contribution in [1.82, 2.24) is 14.9 Å². The number of rotatable bonds is 6. The number of nitrogens with one attached hydrogen (secondary N) is 1. The average molecular weight is 276 g/mol. The van der Waals surface area contributed by atoms with E-state index in [1.165, 1.54) is 31.2 Å². The molecule has 1 N–H and O–H groups in total. The lowest BCUT2D eigenvalue weighted by Gasteiger charge is -2.36. The summed E-state index contributed by atoms with van der Waals surface area (Å²) in [6.45, 7) is 5.13. The van der Waals surface area contributed by atoms with Crippen LogP contribution in [0.1, 0.15) is 50.4 Å². The van der Waals surface area contributed by atoms with E-state index < -0.39 is 0 Å². The summed E-state index contributed by atoms with van der Waals surface area (Å²) in [7, 11) is 4.40. The largest absolute Gasteiger partial charge is 0.368 e. The van der Waals surface area contributed by atoms with Crippen LogP contribution in [0.2, 0.25) is 0 Å². The number of anilines is 1. The summed E-state index contributed by atoms with van der Waals surface area (Å²) in [5, 5.41) is 3.61. The highest BCUT2D eigenvalue weighted by atomic mass is 15.2. The molecule has 1 aliphatic carbocycles. The van der Waals surface area contributed by atoms with Gasteiger partial charge in [-0.2, -0.15) is 0 Å². The molecule has 1 heterocycles. The predicted molar refractivity (Wildman–Crippen MR) is 84.1 cm³/mol. The van der Waals surface area contributed by atoms with Crippen LogP contribution in [0.15, 0.2) is 6.20 Å². The maximum absolute atomic E-state index is 4.60. The molecular weight excluding hydrogens is 248 g/mol. The Morgan fingerprint density at radius 2 is 2.00 bits per heavy atom. The molecule has 112 valence electrons. The third kappa shape index (κ3) is 3.29. The molecule has 0 unspecified atom stereocenters. The molecule has 0 radical (unpaired) electrons. The molecule has 4 heteroatoms. The third-order valence-electron chi connectivity index (χ3n) is 4.57. The first-order chi connectivity index (χ1) is 9.57. The molecule has 0 aromatic carbocycles. The van der Waals surface area contributed by atoms with Crippen molar-refractivity contribution in [2.24, 2.45) is 0 Å². The monoisotopic (exact) mass is 276 g/mol. The van der Waals surface area contributed by atoms with E-state index in [1.54, 1.807) is 0 Å². The quantitative estimate of drug-likeness (QED) is 0.867. The van der Waals surface area contributed by atoms with Gasteiger partial charge in [0.05, 0.1) is 0 Å². The topological polar surface area (TPSA) is 41.1 Å². The normalized spacial score (nSPS) is 17.6. The predicted octanol–water partition coefficient (Wildman–Crippen LogP) is 3.02. The van der Waals surface area contributed by atoms with Crippen molar-refractivity contribution in [1.29, 1.82) is 0 Å². The summed E-state index contributed by atoms with van der Waals surface area (Å²) >= 11 is 0. The second kappa shape index (κ2) is 6.53. The van der Waals surface area contributed by atoms with Gasteiger partial charge in [0.25, 0.3) is 0 Å². The van der Waals surface area contributed by atoms with Gasteiger partial charge in [-0.15, -0.1) is 0 Å². The van der Waals surface area contributed by atoms with E-state index in [0.29, 0.717) is 5.54 Å². The van der Waals surface area contributed by atoms with Crippen molar-refractivity contribution in [2.75, 3.05) is 26.0 Å². The van der Waals surface area contributed by atoms with E-state index in [0.717, 1.165) is 31.0 Å². The summed E-state index contributed by atoms with van der Waals surface area (Å²) < 4.78 is 0. The molecule has 4 nitrogen and oxygen atoms in total. The maximum Gasteiger partial charge on any atom is 0.132 e. The van der Waals surface area contributed by atoms with E-state index >= 15 is 0 Å². The SMILES string of the molecule is CCCc1cnc(C)nc1NCC1(N(C)C)CCCC1. The standard InChI is InChI=1S/C16H28N4/c1-5-8-14-11-17-13(2)19-15(14)18-12-16(20(3)4)9-6-7-10-16/h11H,5-10,12H2,1-4H3,(H,17,18,19). The zero-order chi connectivity index (χ0) is 14.6. The molecule has 20 heavy (non-hydrogen) atoms. The van der Waals surface area contributed by atoms with Crippen molar-refractivity contribution in [3.63, 3.8) is 0 Å². The van der Waals surface area contributed by atoms with Crippen LogP contribution >= 0.6 is 0 Å². The number of hydrogen-bond acceptors (Lipinski definition) is 4. The maximum atomic E-state index is 4.60. The van der Waals surface area contributed by atoms with E-state index in [9.17, 15) is 0 Å². The van der Waals surface area contributed by atoms with Crippen LogP contribution in [-0.4, -0.2) is 41.0 Å². The number of aromatic nitrogens is 2. The zero-order valence-corrected chi connectivity index (χ0v) is 13.4. The summed E-state index contributed by atoms with van der Waals surface area (Å²) in [5.74, 6) is 1.88. The second-order valence-electron chi connectivity index (χ2n) is 6.22. The van der Waals surface area contributed by atoms with Crippen molar-refractivity contribution in [3.8, 4) is 0 Å². The second-order valence-corrected chi connectivity index (χ2v) is 6.22. The number of nitrogens with zero attached hydrogens (tertiary/aromatic N) is 3. The van der Waals surface area contributed by atoms with E-state index in [-0.39, 0.29) is 0 Å². The molecule has 1 aromatic heterocycles. The van der Waals surface area contributed by atoms with E-state index in [4.69, 9.17) is 0 Å². The van der Waals surface area contributed by atoms with Crippen LogP contribution in [0.5, 0.6) is 0 Å². The molecule has 0 bridgehead atoms. The fourth-order valence-electron chi connectivity index (χ4n) is 3.16. The minimum absolute atomic E-state index is 0.294. The minimum Gasteiger partial charge on any atom is -0.368 e. The third-order valence-corrected chi connectivity index (χ3v) is 4.57. The van der Waals surface area contributed by atoms with Gasteiger partial charge in [-0.3, -0.25) is 0 Å². The Hall–Kier alpha value is -1.16. The van der Waals surface area contributed by atoms with Crippen LogP contribution in [-0.2, 0) is 6.42 Å². The lowest BCUT2D eigenvalue weighted by atomic mass is 9.96. The van der Waals surface area contributed by atoms with Gasteiger partial charge in [0, 0.05) is 23.8 Å². The van der Waals surface area contributed by atoms with Crippen LogP contribution in [0, 0.1) is 6.92 Å². The molecule has 0 atom stereocenters. The summed E-state index contributed by atoms with van der Waals surface area (Å²) in [4.78, 5) is 11.3. The fourth-order valence-corrected chi connectivity index (χ4v) is 3.16. The average Bonchev–Trinajstić information content (AvgIpc) is 2.89. The lowest BCUT2D eigenvalue weighted by Crippen LogP contribution is -2.47. The highest BCUT2D eigenvalue weighted by molar-refractivity contribution is 5.43. The molecule has 0 spiro atoms. The van der Waals surface area contributed by atoms with Gasteiger partial charge in [0.2, 0.25) is 0 Å². The summed E-state index contributed by atoms with van der Waals surface area (Å²) in [6.07, 6.45) is 9.37. The molecule has 2 rings (SSSR count). The minimum atomic E-state index is 0.294.